The number of methoxy groups -OCH3 is 1. The van der Waals surface area contributed by atoms with Crippen LogP contribution in [0, 0.1) is 5.92 Å². The van der Waals surface area contributed by atoms with Gasteiger partial charge in [0.15, 0.2) is 0 Å². The van der Waals surface area contributed by atoms with E-state index in [1.165, 1.54) is 0 Å². The Morgan fingerprint density at radius 1 is 1.12 bits per heavy atom. The fourth-order valence-electron chi connectivity index (χ4n) is 2.16. The molecule has 1 aromatic heterocycles. The first-order valence-corrected chi connectivity index (χ1v) is 7.67. The summed E-state index contributed by atoms with van der Waals surface area (Å²) in [6.45, 7) is 3.75. The van der Waals surface area contributed by atoms with Gasteiger partial charge in [-0.05, 0) is 42.3 Å². The van der Waals surface area contributed by atoms with Crippen LogP contribution in [0.3, 0.4) is 0 Å². The van der Waals surface area contributed by atoms with Crippen LogP contribution in [0.1, 0.15) is 24.2 Å². The molecule has 1 unspecified atom stereocenters. The number of nitrogens with one attached hydrogen (secondary N) is 2. The lowest BCUT2D eigenvalue weighted by Gasteiger charge is -2.21. The van der Waals surface area contributed by atoms with Gasteiger partial charge in [0, 0.05) is 11.8 Å². The van der Waals surface area contributed by atoms with E-state index in [4.69, 9.17) is 4.74 Å². The summed E-state index contributed by atoms with van der Waals surface area (Å²) in [7, 11) is 1.56. The number of ether oxygens (including phenoxy) is 1. The number of pyridine rings is 1. The number of hydrogen-bond acceptors (Lipinski definition) is 4. The second-order valence-corrected chi connectivity index (χ2v) is 5.65. The first kappa shape index (κ1) is 17.5. The minimum atomic E-state index is -0.653. The number of rotatable bonds is 6. The standard InChI is InChI=1S/C18H21N3O3/c1-12(2)16(18(23)20-14-5-4-10-19-11-14)21-17(22)13-6-8-15(24-3)9-7-13/h4-12,16H,1-3H3,(H,20,23)(H,21,22). The first-order chi connectivity index (χ1) is 11.5. The molecule has 0 aliphatic heterocycles. The molecule has 0 fully saturated rings. The summed E-state index contributed by atoms with van der Waals surface area (Å²) in [5, 5.41) is 5.54. The second-order valence-electron chi connectivity index (χ2n) is 5.65. The van der Waals surface area contributed by atoms with Gasteiger partial charge in [-0.2, -0.15) is 0 Å². The van der Waals surface area contributed by atoms with Crippen molar-refractivity contribution in [1.29, 1.82) is 0 Å². The Labute approximate surface area is 141 Å². The van der Waals surface area contributed by atoms with E-state index in [0.29, 0.717) is 17.0 Å². The summed E-state index contributed by atoms with van der Waals surface area (Å²) in [5.41, 5.74) is 1.06. The number of carbonyl (C=O) groups is 2. The zero-order valence-corrected chi connectivity index (χ0v) is 13.9. The van der Waals surface area contributed by atoms with Crippen molar-refractivity contribution >= 4 is 17.5 Å². The molecule has 6 nitrogen and oxygen atoms in total. The fraction of sp³-hybridized carbons (Fsp3) is 0.278. The molecule has 0 saturated heterocycles. The molecule has 2 amide bonds. The van der Waals surface area contributed by atoms with Crippen molar-refractivity contribution in [1.82, 2.24) is 10.3 Å². The van der Waals surface area contributed by atoms with Gasteiger partial charge in [-0.3, -0.25) is 14.6 Å². The number of hydrogen-bond donors (Lipinski definition) is 2. The van der Waals surface area contributed by atoms with Gasteiger partial charge in [-0.15, -0.1) is 0 Å². The zero-order chi connectivity index (χ0) is 17.5. The maximum Gasteiger partial charge on any atom is 0.251 e. The largest absolute Gasteiger partial charge is 0.497 e. The molecular weight excluding hydrogens is 306 g/mol. The molecule has 2 rings (SSSR count). The summed E-state index contributed by atoms with van der Waals surface area (Å²) in [5.74, 6) is 0.0164. The third-order valence-corrected chi connectivity index (χ3v) is 3.52. The Hall–Kier alpha value is -2.89. The molecule has 2 N–H and O–H groups in total. The molecule has 1 atom stereocenters. The highest BCUT2D eigenvalue weighted by atomic mass is 16.5. The van der Waals surface area contributed by atoms with Gasteiger partial charge < -0.3 is 15.4 Å². The van der Waals surface area contributed by atoms with Crippen molar-refractivity contribution in [2.45, 2.75) is 19.9 Å². The van der Waals surface area contributed by atoms with E-state index < -0.39 is 6.04 Å². The number of aromatic nitrogens is 1. The van der Waals surface area contributed by atoms with Crippen LogP contribution in [-0.4, -0.2) is 29.9 Å². The average molecular weight is 327 g/mol. The number of nitrogens with zero attached hydrogens (tertiary/aromatic N) is 1. The molecule has 1 aromatic carbocycles. The van der Waals surface area contributed by atoms with Gasteiger partial charge in [0.25, 0.3) is 5.91 Å². The van der Waals surface area contributed by atoms with Crippen LogP contribution in [0.15, 0.2) is 48.8 Å². The van der Waals surface area contributed by atoms with Crippen molar-refractivity contribution in [3.63, 3.8) is 0 Å². The Bertz CT molecular complexity index is 684. The molecule has 0 saturated carbocycles. The second kappa shape index (κ2) is 8.10. The Morgan fingerprint density at radius 2 is 1.83 bits per heavy atom. The Balaban J connectivity index is 2.06. The minimum absolute atomic E-state index is 0.0659. The lowest BCUT2D eigenvalue weighted by atomic mass is 10.0. The number of amides is 2. The van der Waals surface area contributed by atoms with Crippen molar-refractivity contribution in [2.24, 2.45) is 5.92 Å². The normalized spacial score (nSPS) is 11.7. The van der Waals surface area contributed by atoms with Gasteiger partial charge in [0.2, 0.25) is 5.91 Å². The van der Waals surface area contributed by atoms with Gasteiger partial charge in [0.1, 0.15) is 11.8 Å². The van der Waals surface area contributed by atoms with Crippen molar-refractivity contribution < 1.29 is 14.3 Å². The molecule has 0 aliphatic rings. The lowest BCUT2D eigenvalue weighted by molar-refractivity contribution is -0.118. The van der Waals surface area contributed by atoms with E-state index in [0.717, 1.165) is 0 Å². The minimum Gasteiger partial charge on any atom is -0.497 e. The summed E-state index contributed by atoms with van der Waals surface area (Å²) in [4.78, 5) is 28.8. The zero-order valence-electron chi connectivity index (χ0n) is 13.9. The van der Waals surface area contributed by atoms with Gasteiger partial charge in [-0.25, -0.2) is 0 Å². The van der Waals surface area contributed by atoms with Crippen LogP contribution in [-0.2, 0) is 4.79 Å². The van der Waals surface area contributed by atoms with Crippen LogP contribution in [0.5, 0.6) is 5.75 Å². The lowest BCUT2D eigenvalue weighted by Crippen LogP contribution is -2.47. The monoisotopic (exact) mass is 327 g/mol. The van der Waals surface area contributed by atoms with Crippen molar-refractivity contribution in [3.8, 4) is 5.75 Å². The highest BCUT2D eigenvalue weighted by molar-refractivity contribution is 6.01. The predicted octanol–water partition coefficient (Wildman–Crippen LogP) is 2.48. The summed E-state index contributed by atoms with van der Waals surface area (Å²) in [6, 6.07) is 9.54. The van der Waals surface area contributed by atoms with E-state index in [2.05, 4.69) is 15.6 Å². The average Bonchev–Trinajstić information content (AvgIpc) is 2.60. The van der Waals surface area contributed by atoms with E-state index in [1.54, 1.807) is 55.9 Å². The van der Waals surface area contributed by atoms with Crippen molar-refractivity contribution in [3.05, 3.63) is 54.4 Å². The molecule has 0 bridgehead atoms. The van der Waals surface area contributed by atoms with E-state index >= 15 is 0 Å². The number of carbonyl (C=O) groups excluding carboxylic acids is 2. The molecule has 0 radical (unpaired) electrons. The molecule has 24 heavy (non-hydrogen) atoms. The van der Waals surface area contributed by atoms with E-state index in [1.807, 2.05) is 13.8 Å². The van der Waals surface area contributed by atoms with Crippen LogP contribution < -0.4 is 15.4 Å². The molecule has 1 heterocycles. The molecular formula is C18H21N3O3. The summed E-state index contributed by atoms with van der Waals surface area (Å²) < 4.78 is 5.07. The fourth-order valence-corrected chi connectivity index (χ4v) is 2.16. The van der Waals surface area contributed by atoms with Gasteiger partial charge in [0.05, 0.1) is 19.0 Å². The molecule has 126 valence electrons. The molecule has 0 spiro atoms. The first-order valence-electron chi connectivity index (χ1n) is 7.67. The van der Waals surface area contributed by atoms with Gasteiger partial charge in [-0.1, -0.05) is 13.8 Å². The third kappa shape index (κ3) is 4.55. The smallest absolute Gasteiger partial charge is 0.251 e. The van der Waals surface area contributed by atoms with E-state index in [9.17, 15) is 9.59 Å². The van der Waals surface area contributed by atoms with Crippen LogP contribution in [0.2, 0.25) is 0 Å². The highest BCUT2D eigenvalue weighted by Crippen LogP contribution is 2.13. The van der Waals surface area contributed by atoms with Crippen LogP contribution in [0.4, 0.5) is 5.69 Å². The number of benzene rings is 1. The SMILES string of the molecule is COc1ccc(C(=O)NC(C(=O)Nc2cccnc2)C(C)C)cc1. The molecule has 0 aliphatic carbocycles. The summed E-state index contributed by atoms with van der Waals surface area (Å²) >= 11 is 0. The molecule has 2 aromatic rings. The maximum absolute atomic E-state index is 12.4. The van der Waals surface area contributed by atoms with Crippen LogP contribution in [0.25, 0.3) is 0 Å². The molecule has 6 heteroatoms. The Morgan fingerprint density at radius 3 is 2.38 bits per heavy atom. The summed E-state index contributed by atoms with van der Waals surface area (Å²) in [6.07, 6.45) is 3.18. The number of anilines is 1. The third-order valence-electron chi connectivity index (χ3n) is 3.52. The van der Waals surface area contributed by atoms with Crippen LogP contribution >= 0.6 is 0 Å². The van der Waals surface area contributed by atoms with E-state index in [-0.39, 0.29) is 17.7 Å². The van der Waals surface area contributed by atoms with Crippen molar-refractivity contribution in [2.75, 3.05) is 12.4 Å². The topological polar surface area (TPSA) is 80.3 Å². The highest BCUT2D eigenvalue weighted by Gasteiger charge is 2.24. The quantitative estimate of drug-likeness (QED) is 0.854. The van der Waals surface area contributed by atoms with Gasteiger partial charge >= 0.3 is 0 Å². The maximum atomic E-state index is 12.4. The predicted molar refractivity (Wildman–Crippen MR) is 92.0 cm³/mol. The Kier molecular flexibility index (Phi) is 5.89.